The molecule has 0 bridgehead atoms. The number of terminal acetylenes is 1. The van der Waals surface area contributed by atoms with E-state index in [9.17, 15) is 0 Å². The first-order valence-corrected chi connectivity index (χ1v) is 20.1. The molecule has 284 valence electrons. The van der Waals surface area contributed by atoms with Crippen LogP contribution in [0.4, 0.5) is 5.69 Å². The number of unbranched alkanes of at least 4 members (excludes halogenated alkanes) is 5. The van der Waals surface area contributed by atoms with E-state index >= 15 is 0 Å². The van der Waals surface area contributed by atoms with Crippen LogP contribution < -0.4 is 5.32 Å². The minimum Gasteiger partial charge on any atom is -0.356 e. The summed E-state index contributed by atoms with van der Waals surface area (Å²) in [6.45, 7) is 34.7. The molecule has 2 aromatic rings. The van der Waals surface area contributed by atoms with Crippen LogP contribution in [0.5, 0.6) is 0 Å². The van der Waals surface area contributed by atoms with E-state index in [1.807, 2.05) is 6.08 Å². The fourth-order valence-corrected chi connectivity index (χ4v) is 5.28. The predicted molar refractivity (Wildman–Crippen MR) is 236 cm³/mol. The number of nitrogens with one attached hydrogen (secondary N) is 1. The van der Waals surface area contributed by atoms with Gasteiger partial charge in [0.25, 0.3) is 0 Å². The van der Waals surface area contributed by atoms with Crippen LogP contribution >= 0.6 is 0 Å². The van der Waals surface area contributed by atoms with Crippen molar-refractivity contribution >= 4 is 5.69 Å². The van der Waals surface area contributed by atoms with Gasteiger partial charge in [0.15, 0.2) is 0 Å². The van der Waals surface area contributed by atoms with Crippen molar-refractivity contribution < 1.29 is 0 Å². The number of hydrogen-bond acceptors (Lipinski definition) is 1. The number of allylic oxidation sites excluding steroid dienone is 6. The Balaban J connectivity index is 0. The van der Waals surface area contributed by atoms with Gasteiger partial charge in [0, 0.05) is 11.4 Å². The van der Waals surface area contributed by atoms with E-state index in [4.69, 9.17) is 0 Å². The minimum atomic E-state index is 0.537. The first-order valence-electron chi connectivity index (χ1n) is 20.1. The fraction of sp³-hybridized carbons (Fsp3) is 0.520. The van der Waals surface area contributed by atoms with Gasteiger partial charge in [0.05, 0.1) is 0 Å². The van der Waals surface area contributed by atoms with Crippen LogP contribution in [0.15, 0.2) is 103 Å². The summed E-state index contributed by atoms with van der Waals surface area (Å²) in [5, 5.41) is 3.65. The Labute approximate surface area is 318 Å². The second-order valence-corrected chi connectivity index (χ2v) is 14.2. The Kier molecular flexibility index (Phi) is 31.5. The maximum atomic E-state index is 4.34. The van der Waals surface area contributed by atoms with Crippen molar-refractivity contribution in [2.45, 2.75) is 159 Å². The van der Waals surface area contributed by atoms with Crippen molar-refractivity contribution in [3.63, 3.8) is 0 Å². The molecule has 0 heterocycles. The molecule has 1 N–H and O–H groups in total. The standard InChI is InChI=1S/C31H47N.C11H16.C6H14.C2H2/c1-10-13-17-30-19-18-29(16-14-15-28(12-3)20-24(6)11-2)22-31(30)32-27(9)26(8)21-25(7)23(4)5;1-3-4-8-11-9-6-5-7-10(11)2;1-3-5-6-4-2;1-2/h12,18-23,25,32H,3,6,9-11,13-17H2,1-2,4-5,7-8H3;5-7,9H,3-4,8H2,1-2H3;3-6H2,1-2H3;1-2H/b26-21+,28-20+;;;. The van der Waals surface area contributed by atoms with Crippen LogP contribution in [0.1, 0.15) is 155 Å². The lowest BCUT2D eigenvalue weighted by Crippen LogP contribution is -2.06. The number of hydrogen-bond donors (Lipinski definition) is 1. The molecule has 0 aromatic heterocycles. The van der Waals surface area contributed by atoms with Gasteiger partial charge < -0.3 is 5.32 Å². The topological polar surface area (TPSA) is 12.0 Å². The van der Waals surface area contributed by atoms with Crippen LogP contribution in [-0.2, 0) is 19.3 Å². The highest BCUT2D eigenvalue weighted by Gasteiger charge is 2.09. The third-order valence-electron chi connectivity index (χ3n) is 9.35. The predicted octanol–water partition coefficient (Wildman–Crippen LogP) is 15.8. The SMILES string of the molecule is C#C.C=C/C(=C\C(=C)CC)CCCc1ccc(CCCC)c(NC(=C)/C(C)=C/C(C)C(C)C)c1.CCCCCC.CCCCc1ccccc1C. The highest BCUT2D eigenvalue weighted by molar-refractivity contribution is 5.59. The molecule has 1 unspecified atom stereocenters. The molecule has 1 nitrogen and oxygen atoms in total. The third-order valence-corrected chi connectivity index (χ3v) is 9.35. The first kappa shape index (κ1) is 49.6. The van der Waals surface area contributed by atoms with E-state index in [-0.39, 0.29) is 0 Å². The molecule has 0 aliphatic carbocycles. The van der Waals surface area contributed by atoms with Crippen molar-refractivity contribution in [3.8, 4) is 12.8 Å². The molecule has 0 fully saturated rings. The quantitative estimate of drug-likeness (QED) is 0.0779. The lowest BCUT2D eigenvalue weighted by Gasteiger charge is -2.18. The zero-order valence-electron chi connectivity index (χ0n) is 35.1. The second kappa shape index (κ2) is 32.4. The van der Waals surface area contributed by atoms with E-state index in [0.717, 1.165) is 37.8 Å². The average molecular weight is 694 g/mol. The van der Waals surface area contributed by atoms with Crippen molar-refractivity contribution in [2.24, 2.45) is 11.8 Å². The summed E-state index contributed by atoms with van der Waals surface area (Å²) in [7, 11) is 0. The highest BCUT2D eigenvalue weighted by Crippen LogP contribution is 2.26. The summed E-state index contributed by atoms with van der Waals surface area (Å²) in [4.78, 5) is 0. The maximum Gasteiger partial charge on any atom is 0.0419 e. The summed E-state index contributed by atoms with van der Waals surface area (Å²) >= 11 is 0. The third kappa shape index (κ3) is 24.3. The lowest BCUT2D eigenvalue weighted by molar-refractivity contribution is 0.502. The Morgan fingerprint density at radius 2 is 1.33 bits per heavy atom. The van der Waals surface area contributed by atoms with Gasteiger partial charge in [-0.05, 0) is 117 Å². The molecular weight excluding hydrogens is 615 g/mol. The van der Waals surface area contributed by atoms with Gasteiger partial charge in [-0.2, -0.15) is 0 Å². The van der Waals surface area contributed by atoms with Gasteiger partial charge in [-0.3, -0.25) is 0 Å². The summed E-state index contributed by atoms with van der Waals surface area (Å²) < 4.78 is 0. The largest absolute Gasteiger partial charge is 0.356 e. The summed E-state index contributed by atoms with van der Waals surface area (Å²) in [6.07, 6.45) is 31.5. The summed E-state index contributed by atoms with van der Waals surface area (Å²) in [5.74, 6) is 1.17. The van der Waals surface area contributed by atoms with Crippen molar-refractivity contribution in [1.82, 2.24) is 0 Å². The molecule has 2 rings (SSSR count). The molecule has 0 spiro atoms. The molecule has 0 amide bonds. The van der Waals surface area contributed by atoms with Gasteiger partial charge in [-0.25, -0.2) is 0 Å². The van der Waals surface area contributed by atoms with E-state index in [1.54, 1.807) is 0 Å². The fourth-order valence-electron chi connectivity index (χ4n) is 5.28. The Hall–Kier alpha value is -3.50. The molecule has 2 aromatic carbocycles. The van der Waals surface area contributed by atoms with Gasteiger partial charge in [0.2, 0.25) is 0 Å². The number of anilines is 1. The molecule has 0 aliphatic heterocycles. The van der Waals surface area contributed by atoms with Crippen molar-refractivity contribution in [1.29, 1.82) is 0 Å². The van der Waals surface area contributed by atoms with Gasteiger partial charge in [-0.1, -0.05) is 174 Å². The first-order chi connectivity index (χ1) is 24.5. The molecule has 0 radical (unpaired) electrons. The van der Waals surface area contributed by atoms with E-state index in [1.165, 1.54) is 102 Å². The zero-order chi connectivity index (χ0) is 39.0. The van der Waals surface area contributed by atoms with E-state index in [0.29, 0.717) is 11.8 Å². The van der Waals surface area contributed by atoms with Crippen molar-refractivity contribution in [2.75, 3.05) is 5.32 Å². The van der Waals surface area contributed by atoms with Crippen LogP contribution in [-0.4, -0.2) is 0 Å². The monoisotopic (exact) mass is 694 g/mol. The van der Waals surface area contributed by atoms with Gasteiger partial charge in [-0.15, -0.1) is 12.8 Å². The average Bonchev–Trinajstić information content (AvgIpc) is 3.13. The minimum absolute atomic E-state index is 0.537. The van der Waals surface area contributed by atoms with Crippen molar-refractivity contribution in [3.05, 3.63) is 125 Å². The molecule has 1 atom stereocenters. The normalized spacial score (nSPS) is 11.5. The highest BCUT2D eigenvalue weighted by atomic mass is 14.9. The van der Waals surface area contributed by atoms with Crippen LogP contribution in [0, 0.1) is 31.6 Å². The molecular formula is C50H79N. The molecule has 51 heavy (non-hydrogen) atoms. The summed E-state index contributed by atoms with van der Waals surface area (Å²) in [6, 6.07) is 15.6. The smallest absolute Gasteiger partial charge is 0.0419 e. The number of benzene rings is 2. The van der Waals surface area contributed by atoms with Crippen LogP contribution in [0.25, 0.3) is 0 Å². The zero-order valence-corrected chi connectivity index (χ0v) is 35.1. The maximum absolute atomic E-state index is 4.34. The van der Waals surface area contributed by atoms with Crippen LogP contribution in [0.2, 0.25) is 0 Å². The Morgan fingerprint density at radius 3 is 1.84 bits per heavy atom. The molecule has 1 heteroatoms. The Bertz CT molecular complexity index is 1290. The van der Waals surface area contributed by atoms with Gasteiger partial charge in [0.1, 0.15) is 0 Å². The summed E-state index contributed by atoms with van der Waals surface area (Å²) in [5.41, 5.74) is 11.6. The van der Waals surface area contributed by atoms with E-state index in [2.05, 4.69) is 162 Å². The molecule has 0 saturated carbocycles. The molecule has 0 aliphatic rings. The second-order valence-electron chi connectivity index (χ2n) is 14.2. The number of aryl methyl sites for hydroxylation is 4. The van der Waals surface area contributed by atoms with E-state index < -0.39 is 0 Å². The molecule has 0 saturated heterocycles. The van der Waals surface area contributed by atoms with Crippen LogP contribution in [0.3, 0.4) is 0 Å². The number of rotatable bonds is 21. The Morgan fingerprint density at radius 1 is 0.765 bits per heavy atom. The lowest BCUT2D eigenvalue weighted by atomic mass is 9.95. The van der Waals surface area contributed by atoms with Gasteiger partial charge >= 0.3 is 0 Å².